The SMILES string of the molecule is COC(=O)C(CCO)(N=O)C(=O)O. The zero-order valence-electron chi connectivity index (χ0n) is 6.89. The number of methoxy groups -OCH3 is 1. The first-order valence-corrected chi connectivity index (χ1v) is 3.32. The van der Waals surface area contributed by atoms with Crippen LogP contribution in [0.25, 0.3) is 0 Å². The van der Waals surface area contributed by atoms with E-state index in [0.29, 0.717) is 0 Å². The number of aliphatic hydroxyl groups excluding tert-OH is 1. The minimum absolute atomic E-state index is 0.599. The van der Waals surface area contributed by atoms with Gasteiger partial charge in [0.15, 0.2) is 0 Å². The molecule has 13 heavy (non-hydrogen) atoms. The highest BCUT2D eigenvalue weighted by Gasteiger charge is 2.49. The summed E-state index contributed by atoms with van der Waals surface area (Å²) >= 11 is 0. The molecule has 7 heteroatoms. The van der Waals surface area contributed by atoms with E-state index >= 15 is 0 Å². The second-order valence-electron chi connectivity index (χ2n) is 2.22. The number of carbonyl (C=O) groups is 2. The Hall–Kier alpha value is -1.50. The number of aliphatic hydroxyl groups is 1. The van der Waals surface area contributed by atoms with Crippen LogP contribution in [-0.4, -0.2) is 41.4 Å². The van der Waals surface area contributed by atoms with Crippen molar-refractivity contribution in [2.45, 2.75) is 12.0 Å². The quantitative estimate of drug-likeness (QED) is 0.332. The monoisotopic (exact) mass is 191 g/mol. The summed E-state index contributed by atoms with van der Waals surface area (Å²) in [5.41, 5.74) is -2.52. The maximum absolute atomic E-state index is 10.9. The molecule has 0 aliphatic rings. The van der Waals surface area contributed by atoms with Gasteiger partial charge in [-0.15, -0.1) is 4.91 Å². The number of rotatable bonds is 5. The predicted molar refractivity (Wildman–Crippen MR) is 39.9 cm³/mol. The molecule has 0 bridgehead atoms. The molecule has 1 atom stereocenters. The van der Waals surface area contributed by atoms with Crippen LogP contribution in [0.4, 0.5) is 0 Å². The van der Waals surface area contributed by atoms with Crippen molar-refractivity contribution < 1.29 is 24.5 Å². The van der Waals surface area contributed by atoms with Crippen LogP contribution < -0.4 is 0 Å². The van der Waals surface area contributed by atoms with Crippen molar-refractivity contribution in [3.05, 3.63) is 4.91 Å². The fourth-order valence-corrected chi connectivity index (χ4v) is 0.749. The van der Waals surface area contributed by atoms with Gasteiger partial charge in [-0.25, -0.2) is 9.59 Å². The van der Waals surface area contributed by atoms with E-state index in [4.69, 9.17) is 10.2 Å². The van der Waals surface area contributed by atoms with Gasteiger partial charge in [-0.05, 0) is 5.18 Å². The number of hydrogen-bond donors (Lipinski definition) is 2. The first-order valence-electron chi connectivity index (χ1n) is 3.32. The molecule has 0 saturated heterocycles. The van der Waals surface area contributed by atoms with Gasteiger partial charge >= 0.3 is 11.9 Å². The van der Waals surface area contributed by atoms with E-state index in [1.807, 2.05) is 0 Å². The van der Waals surface area contributed by atoms with Crippen molar-refractivity contribution >= 4 is 11.9 Å². The molecule has 7 nitrogen and oxygen atoms in total. The summed E-state index contributed by atoms with van der Waals surface area (Å²) in [7, 11) is 0.933. The summed E-state index contributed by atoms with van der Waals surface area (Å²) in [6, 6.07) is 0. The summed E-state index contributed by atoms with van der Waals surface area (Å²) in [5.74, 6) is -3.02. The highest BCUT2D eigenvalue weighted by molar-refractivity contribution is 6.04. The zero-order chi connectivity index (χ0) is 10.5. The van der Waals surface area contributed by atoms with Gasteiger partial charge in [0.25, 0.3) is 5.54 Å². The van der Waals surface area contributed by atoms with Gasteiger partial charge in [0.1, 0.15) is 0 Å². The molecule has 0 spiro atoms. The first-order chi connectivity index (χ1) is 6.05. The van der Waals surface area contributed by atoms with Crippen LogP contribution in [0.2, 0.25) is 0 Å². The van der Waals surface area contributed by atoms with Gasteiger partial charge in [-0.2, -0.15) is 0 Å². The molecule has 0 aromatic rings. The lowest BCUT2D eigenvalue weighted by molar-refractivity contribution is -0.159. The third-order valence-electron chi connectivity index (χ3n) is 1.51. The summed E-state index contributed by atoms with van der Waals surface area (Å²) in [4.78, 5) is 31.6. The first kappa shape index (κ1) is 11.5. The fraction of sp³-hybridized carbons (Fsp3) is 0.667. The fourth-order valence-electron chi connectivity index (χ4n) is 0.749. The van der Waals surface area contributed by atoms with E-state index in [9.17, 15) is 14.5 Å². The third kappa shape index (κ3) is 2.00. The van der Waals surface area contributed by atoms with Gasteiger partial charge < -0.3 is 14.9 Å². The van der Waals surface area contributed by atoms with Crippen molar-refractivity contribution in [3.8, 4) is 0 Å². The lowest BCUT2D eigenvalue weighted by atomic mass is 9.97. The molecule has 0 aliphatic heterocycles. The van der Waals surface area contributed by atoms with Crippen LogP contribution in [0.3, 0.4) is 0 Å². The minimum atomic E-state index is -2.52. The molecule has 0 heterocycles. The Kier molecular flexibility index (Phi) is 3.99. The largest absolute Gasteiger partial charge is 0.479 e. The number of carbonyl (C=O) groups excluding carboxylic acids is 1. The molecule has 2 N–H and O–H groups in total. The molecule has 0 aromatic heterocycles. The van der Waals surface area contributed by atoms with Crippen LogP contribution in [0.1, 0.15) is 6.42 Å². The van der Waals surface area contributed by atoms with Gasteiger partial charge in [0, 0.05) is 13.0 Å². The molecular weight excluding hydrogens is 182 g/mol. The van der Waals surface area contributed by atoms with Crippen molar-refractivity contribution in [1.82, 2.24) is 0 Å². The van der Waals surface area contributed by atoms with Gasteiger partial charge in [0.2, 0.25) is 0 Å². The smallest absolute Gasteiger partial charge is 0.349 e. The van der Waals surface area contributed by atoms with E-state index in [2.05, 4.69) is 9.91 Å². The Morgan fingerprint density at radius 2 is 2.08 bits per heavy atom. The Balaban J connectivity index is 4.97. The molecule has 0 aromatic carbocycles. The van der Waals surface area contributed by atoms with Crippen LogP contribution in [0.15, 0.2) is 5.18 Å². The van der Waals surface area contributed by atoms with Crippen LogP contribution in [0, 0.1) is 4.91 Å². The van der Waals surface area contributed by atoms with Crippen molar-refractivity contribution in [2.24, 2.45) is 5.18 Å². The van der Waals surface area contributed by atoms with Crippen LogP contribution in [-0.2, 0) is 14.3 Å². The lowest BCUT2D eigenvalue weighted by Gasteiger charge is -2.16. The van der Waals surface area contributed by atoms with E-state index < -0.39 is 30.5 Å². The number of hydrogen-bond acceptors (Lipinski definition) is 6. The number of carboxylic acids is 1. The van der Waals surface area contributed by atoms with Crippen molar-refractivity contribution in [2.75, 3.05) is 13.7 Å². The summed E-state index contributed by atoms with van der Waals surface area (Å²) < 4.78 is 4.10. The highest BCUT2D eigenvalue weighted by atomic mass is 16.5. The molecule has 1 unspecified atom stereocenters. The number of nitrogens with zero attached hydrogens (tertiary/aromatic N) is 1. The number of ether oxygens (including phenoxy) is 1. The second-order valence-corrected chi connectivity index (χ2v) is 2.22. The number of nitroso groups, excluding NO2 is 1. The normalized spacial score (nSPS) is 14.3. The molecule has 0 radical (unpaired) electrons. The number of esters is 1. The Bertz CT molecular complexity index is 227. The predicted octanol–water partition coefficient (Wildman–Crippen LogP) is -0.868. The van der Waals surface area contributed by atoms with Gasteiger partial charge in [-0.1, -0.05) is 0 Å². The maximum Gasteiger partial charge on any atom is 0.349 e. The number of aliphatic carboxylic acids is 1. The Morgan fingerprint density at radius 3 is 2.31 bits per heavy atom. The molecule has 0 rings (SSSR count). The second kappa shape index (κ2) is 4.51. The Morgan fingerprint density at radius 1 is 1.54 bits per heavy atom. The third-order valence-corrected chi connectivity index (χ3v) is 1.51. The highest BCUT2D eigenvalue weighted by Crippen LogP contribution is 2.17. The summed E-state index contributed by atoms with van der Waals surface area (Å²) in [6.07, 6.45) is -0.599. The Labute approximate surface area is 73.3 Å². The maximum atomic E-state index is 10.9. The van der Waals surface area contributed by atoms with E-state index in [0.717, 1.165) is 7.11 Å². The topological polar surface area (TPSA) is 113 Å². The summed E-state index contributed by atoms with van der Waals surface area (Å²) in [5, 5.41) is 19.2. The molecule has 0 fully saturated rings. The van der Waals surface area contributed by atoms with Crippen molar-refractivity contribution in [1.29, 1.82) is 0 Å². The zero-order valence-corrected chi connectivity index (χ0v) is 6.89. The average molecular weight is 191 g/mol. The van der Waals surface area contributed by atoms with Crippen LogP contribution >= 0.6 is 0 Å². The lowest BCUT2D eigenvalue weighted by Crippen LogP contribution is -2.46. The van der Waals surface area contributed by atoms with Crippen molar-refractivity contribution in [3.63, 3.8) is 0 Å². The van der Waals surface area contributed by atoms with Gasteiger partial charge in [0.05, 0.1) is 7.11 Å². The number of carboxylic acid groups (broad SMARTS) is 1. The van der Waals surface area contributed by atoms with E-state index in [-0.39, 0.29) is 0 Å². The van der Waals surface area contributed by atoms with Crippen LogP contribution in [0.5, 0.6) is 0 Å². The molecule has 0 aliphatic carbocycles. The molecule has 74 valence electrons. The van der Waals surface area contributed by atoms with E-state index in [1.54, 1.807) is 0 Å². The summed E-state index contributed by atoms with van der Waals surface area (Å²) in [6.45, 7) is -0.646. The minimum Gasteiger partial charge on any atom is -0.479 e. The molecule has 0 amide bonds. The molecule has 0 saturated carbocycles. The van der Waals surface area contributed by atoms with Gasteiger partial charge in [-0.3, -0.25) is 0 Å². The average Bonchev–Trinajstić information content (AvgIpc) is 2.12. The van der Waals surface area contributed by atoms with E-state index in [1.165, 1.54) is 0 Å². The molecular formula is C6H9NO6. The standard InChI is InChI=1S/C6H9NO6/c1-13-5(11)6(7-12,2-3-8)4(9)10/h8H,2-3H2,1H3,(H,9,10).